The summed E-state index contributed by atoms with van der Waals surface area (Å²) in [7, 11) is 1.21. The third kappa shape index (κ3) is 4.35. The second kappa shape index (κ2) is 8.55. The smallest absolute Gasteiger partial charge is 0.414 e. The van der Waals surface area contributed by atoms with Crippen LogP contribution < -0.4 is 15.4 Å². The van der Waals surface area contributed by atoms with Gasteiger partial charge in [-0.05, 0) is 24.3 Å². The van der Waals surface area contributed by atoms with Crippen molar-refractivity contribution in [2.24, 2.45) is 5.73 Å². The van der Waals surface area contributed by atoms with Crippen molar-refractivity contribution < 1.29 is 33.7 Å². The predicted molar refractivity (Wildman–Crippen MR) is 104 cm³/mol. The molecule has 5 N–H and O–H groups in total. The molecule has 1 unspecified atom stereocenters. The fourth-order valence-corrected chi connectivity index (χ4v) is 2.97. The van der Waals surface area contributed by atoms with Gasteiger partial charge in [0.1, 0.15) is 18.0 Å². The summed E-state index contributed by atoms with van der Waals surface area (Å²) in [5.74, 6) is -1.91. The maximum atomic E-state index is 12.2. The third-order valence-electron chi connectivity index (χ3n) is 4.48. The van der Waals surface area contributed by atoms with Crippen LogP contribution in [-0.2, 0) is 20.7 Å². The Balaban J connectivity index is 1.66. The molecule has 1 fully saturated rings. The average Bonchev–Trinajstić information content (AvgIpc) is 3.29. The molecular weight excluding hydrogens is 396 g/mol. The fraction of sp³-hybridized carbons (Fsp3) is 0.263. The number of aromatic carboxylic acids is 1. The number of carboxylic acids is 1. The van der Waals surface area contributed by atoms with Crippen molar-refractivity contribution in [2.45, 2.75) is 12.5 Å². The molecule has 3 rings (SSSR count). The molecule has 11 nitrogen and oxygen atoms in total. The molecule has 1 atom stereocenters. The molecule has 1 aromatic heterocycles. The standard InChI is InChI=1S/C19H20N4O7/c1-28-15(24)6-13-16(18(25)26)14(7-22-13)29-9-12-8-23(19(27)30-12)11-4-2-10(3-5-11)17(20)21/h2-5,7,12,22H,6,8-9H2,1H3,(H3,20,21)(H,25,26). The molecule has 1 aliphatic rings. The minimum atomic E-state index is -1.26. The van der Waals surface area contributed by atoms with E-state index in [-0.39, 0.29) is 42.4 Å². The lowest BCUT2D eigenvalue weighted by molar-refractivity contribution is -0.139. The molecule has 1 saturated heterocycles. The van der Waals surface area contributed by atoms with Gasteiger partial charge < -0.3 is 30.0 Å². The number of nitrogens with zero attached hydrogens (tertiary/aromatic N) is 1. The number of esters is 1. The van der Waals surface area contributed by atoms with Crippen LogP contribution in [0.25, 0.3) is 0 Å². The van der Waals surface area contributed by atoms with Crippen molar-refractivity contribution in [3.05, 3.63) is 47.3 Å². The van der Waals surface area contributed by atoms with Gasteiger partial charge in [-0.25, -0.2) is 9.59 Å². The Bertz CT molecular complexity index is 983. The van der Waals surface area contributed by atoms with Crippen molar-refractivity contribution in [2.75, 3.05) is 25.2 Å². The second-order valence-electron chi connectivity index (χ2n) is 6.45. The Hall–Kier alpha value is -4.02. The van der Waals surface area contributed by atoms with Crippen molar-refractivity contribution in [1.82, 2.24) is 4.98 Å². The summed E-state index contributed by atoms with van der Waals surface area (Å²) in [6.45, 7) is 0.115. The molecule has 0 radical (unpaired) electrons. The van der Waals surface area contributed by atoms with Gasteiger partial charge in [0.15, 0.2) is 11.9 Å². The van der Waals surface area contributed by atoms with Crippen molar-refractivity contribution in [3.63, 3.8) is 0 Å². The Morgan fingerprint density at radius 3 is 2.67 bits per heavy atom. The number of benzene rings is 1. The molecule has 0 bridgehead atoms. The number of nitrogen functional groups attached to an aromatic ring is 1. The predicted octanol–water partition coefficient (Wildman–Crippen LogP) is 1.12. The maximum absolute atomic E-state index is 12.2. The minimum Gasteiger partial charge on any atom is -0.487 e. The Kier molecular flexibility index (Phi) is 5.90. The largest absolute Gasteiger partial charge is 0.487 e. The van der Waals surface area contributed by atoms with Crippen molar-refractivity contribution in [1.29, 1.82) is 5.41 Å². The van der Waals surface area contributed by atoms with E-state index in [4.69, 9.17) is 20.6 Å². The normalized spacial score (nSPS) is 15.6. The fourth-order valence-electron chi connectivity index (χ4n) is 2.97. The highest BCUT2D eigenvalue weighted by Crippen LogP contribution is 2.26. The summed E-state index contributed by atoms with van der Waals surface area (Å²) in [6.07, 6.45) is -0.121. The number of hydrogen-bond donors (Lipinski definition) is 4. The Morgan fingerprint density at radius 1 is 1.37 bits per heavy atom. The number of methoxy groups -OCH3 is 1. The average molecular weight is 416 g/mol. The molecule has 2 aromatic rings. The molecule has 1 amide bonds. The third-order valence-corrected chi connectivity index (χ3v) is 4.48. The molecule has 2 heterocycles. The summed E-state index contributed by atoms with van der Waals surface area (Å²) in [6, 6.07) is 6.54. The highest BCUT2D eigenvalue weighted by Gasteiger charge is 2.33. The van der Waals surface area contributed by atoms with Gasteiger partial charge in [-0.15, -0.1) is 0 Å². The van der Waals surface area contributed by atoms with Crippen LogP contribution in [0.5, 0.6) is 5.75 Å². The lowest BCUT2D eigenvalue weighted by Crippen LogP contribution is -2.26. The number of nitrogens with two attached hydrogens (primary N) is 1. The molecule has 158 valence electrons. The first-order valence-electron chi connectivity index (χ1n) is 8.86. The number of ether oxygens (including phenoxy) is 3. The Morgan fingerprint density at radius 2 is 2.07 bits per heavy atom. The van der Waals surface area contributed by atoms with E-state index in [1.54, 1.807) is 24.3 Å². The van der Waals surface area contributed by atoms with E-state index >= 15 is 0 Å². The first kappa shape index (κ1) is 20.7. The number of rotatable bonds is 8. The van der Waals surface area contributed by atoms with E-state index in [2.05, 4.69) is 9.72 Å². The second-order valence-corrected chi connectivity index (χ2v) is 6.45. The van der Waals surface area contributed by atoms with Gasteiger partial charge in [-0.3, -0.25) is 15.1 Å². The number of carbonyl (C=O) groups is 3. The molecule has 0 saturated carbocycles. The molecule has 30 heavy (non-hydrogen) atoms. The van der Waals surface area contributed by atoms with Crippen molar-refractivity contribution >= 4 is 29.6 Å². The van der Waals surface area contributed by atoms with Gasteiger partial charge >= 0.3 is 18.0 Å². The molecule has 1 aliphatic heterocycles. The van der Waals surface area contributed by atoms with E-state index < -0.39 is 24.1 Å². The van der Waals surface area contributed by atoms with Gasteiger partial charge in [-0.1, -0.05) is 0 Å². The number of H-pyrrole nitrogens is 1. The van der Waals surface area contributed by atoms with Crippen LogP contribution in [0, 0.1) is 5.41 Å². The number of hydrogen-bond acceptors (Lipinski definition) is 7. The number of anilines is 1. The summed E-state index contributed by atoms with van der Waals surface area (Å²) in [5.41, 5.74) is 6.50. The van der Waals surface area contributed by atoms with Gasteiger partial charge in [0.05, 0.1) is 20.1 Å². The number of amidine groups is 1. The zero-order valence-electron chi connectivity index (χ0n) is 16.0. The van der Waals surface area contributed by atoms with E-state index in [1.807, 2.05) is 0 Å². The quantitative estimate of drug-likeness (QED) is 0.282. The topological polar surface area (TPSA) is 168 Å². The summed E-state index contributed by atoms with van der Waals surface area (Å²) in [4.78, 5) is 39.3. The number of amides is 1. The number of carbonyl (C=O) groups excluding carboxylic acids is 2. The van der Waals surface area contributed by atoms with Crippen LogP contribution in [0.3, 0.4) is 0 Å². The van der Waals surface area contributed by atoms with E-state index in [9.17, 15) is 19.5 Å². The van der Waals surface area contributed by atoms with E-state index in [1.165, 1.54) is 18.2 Å². The van der Waals surface area contributed by atoms with Crippen LogP contribution in [0.15, 0.2) is 30.5 Å². The summed E-state index contributed by atoms with van der Waals surface area (Å²) >= 11 is 0. The number of cyclic esters (lactones) is 1. The number of aromatic nitrogens is 1. The highest BCUT2D eigenvalue weighted by atomic mass is 16.6. The molecular formula is C19H20N4O7. The van der Waals surface area contributed by atoms with Crippen LogP contribution in [0.4, 0.5) is 10.5 Å². The Labute approximate surface area is 170 Å². The van der Waals surface area contributed by atoms with Gasteiger partial charge in [0, 0.05) is 23.1 Å². The number of carboxylic acid groups (broad SMARTS) is 1. The highest BCUT2D eigenvalue weighted by molar-refractivity contribution is 5.96. The molecule has 0 aliphatic carbocycles. The van der Waals surface area contributed by atoms with E-state index in [0.29, 0.717) is 11.3 Å². The summed E-state index contributed by atoms with van der Waals surface area (Å²) in [5, 5.41) is 16.8. The van der Waals surface area contributed by atoms with Crippen LogP contribution in [0.2, 0.25) is 0 Å². The van der Waals surface area contributed by atoms with E-state index in [0.717, 1.165) is 0 Å². The van der Waals surface area contributed by atoms with Gasteiger partial charge in [-0.2, -0.15) is 0 Å². The molecule has 0 spiro atoms. The summed E-state index contributed by atoms with van der Waals surface area (Å²) < 4.78 is 15.4. The zero-order valence-corrected chi connectivity index (χ0v) is 16.0. The minimum absolute atomic E-state index is 0.0294. The van der Waals surface area contributed by atoms with Crippen LogP contribution in [-0.4, -0.2) is 60.3 Å². The zero-order chi connectivity index (χ0) is 21.8. The number of aromatic amines is 1. The van der Waals surface area contributed by atoms with Crippen LogP contribution in [0.1, 0.15) is 21.6 Å². The first-order chi connectivity index (χ1) is 14.3. The number of nitrogens with one attached hydrogen (secondary N) is 2. The van der Waals surface area contributed by atoms with Gasteiger partial charge in [0.2, 0.25) is 0 Å². The first-order valence-corrected chi connectivity index (χ1v) is 8.86. The van der Waals surface area contributed by atoms with Gasteiger partial charge in [0.25, 0.3) is 0 Å². The molecule has 11 heteroatoms. The maximum Gasteiger partial charge on any atom is 0.414 e. The monoisotopic (exact) mass is 416 g/mol. The lowest BCUT2D eigenvalue weighted by Gasteiger charge is -2.13. The SMILES string of the molecule is COC(=O)Cc1[nH]cc(OCC2CN(c3ccc(C(=N)N)cc3)C(=O)O2)c1C(=O)O. The van der Waals surface area contributed by atoms with Crippen LogP contribution >= 0.6 is 0 Å². The van der Waals surface area contributed by atoms with Crippen molar-refractivity contribution in [3.8, 4) is 5.75 Å². The molecule has 1 aromatic carbocycles. The lowest BCUT2D eigenvalue weighted by atomic mass is 10.2.